The van der Waals surface area contributed by atoms with E-state index in [0.29, 0.717) is 20.8 Å². The summed E-state index contributed by atoms with van der Waals surface area (Å²) in [6.45, 7) is 3.73. The van der Waals surface area contributed by atoms with Crippen molar-refractivity contribution < 1.29 is 19.1 Å². The number of para-hydroxylation sites is 2. The molecule has 4 N–H and O–H groups in total. The van der Waals surface area contributed by atoms with E-state index in [2.05, 4.69) is 25.6 Å². The Labute approximate surface area is 226 Å². The molecule has 0 bridgehead atoms. The molecule has 2 aromatic carbocycles. The van der Waals surface area contributed by atoms with Crippen LogP contribution in [0.5, 0.6) is 5.88 Å². The molecule has 1 atom stereocenters. The van der Waals surface area contributed by atoms with Gasteiger partial charge >= 0.3 is 11.4 Å². The average Bonchev–Trinajstić information content (AvgIpc) is 3.52. The van der Waals surface area contributed by atoms with Crippen LogP contribution in [0.25, 0.3) is 21.1 Å². The van der Waals surface area contributed by atoms with Gasteiger partial charge in [-0.2, -0.15) is 0 Å². The monoisotopic (exact) mass is 546 g/mol. The van der Waals surface area contributed by atoms with Crippen molar-refractivity contribution in [2.75, 3.05) is 12.4 Å². The Morgan fingerprint density at radius 2 is 1.90 bits per heavy atom. The molecular formula is C27H26N6O5S. The van der Waals surface area contributed by atoms with E-state index in [1.807, 2.05) is 62.4 Å². The number of aromatic nitrogens is 4. The Morgan fingerprint density at radius 3 is 2.64 bits per heavy atom. The summed E-state index contributed by atoms with van der Waals surface area (Å²) in [5.41, 5.74) is 0.829. The molecule has 200 valence electrons. The Morgan fingerprint density at radius 1 is 1.15 bits per heavy atom. The molecule has 0 aliphatic rings. The Balaban J connectivity index is 1.53. The van der Waals surface area contributed by atoms with Crippen molar-refractivity contribution >= 4 is 49.4 Å². The number of amides is 2. The number of thiazole rings is 1. The quantitative estimate of drug-likeness (QED) is 0.173. The molecule has 0 saturated carbocycles. The molecule has 0 fully saturated rings. The van der Waals surface area contributed by atoms with Gasteiger partial charge in [0.25, 0.3) is 17.5 Å². The smallest absolute Gasteiger partial charge is 0.409 e. The van der Waals surface area contributed by atoms with Gasteiger partial charge in [-0.05, 0) is 24.1 Å². The van der Waals surface area contributed by atoms with Crippen LogP contribution in [0, 0.1) is 11.1 Å². The van der Waals surface area contributed by atoms with E-state index in [-0.39, 0.29) is 29.6 Å². The highest BCUT2D eigenvalue weighted by Gasteiger charge is 2.32. The highest BCUT2D eigenvalue weighted by atomic mass is 32.1. The van der Waals surface area contributed by atoms with Crippen LogP contribution in [0.4, 0.5) is 5.13 Å². The number of hydrogen-bond acceptors (Lipinski definition) is 7. The number of carbonyl (C=O) groups excluding carboxylic acids is 2. The summed E-state index contributed by atoms with van der Waals surface area (Å²) in [4.78, 5) is 49.9. The number of aromatic amines is 2. The van der Waals surface area contributed by atoms with Crippen LogP contribution in [0.2, 0.25) is 0 Å². The lowest BCUT2D eigenvalue weighted by atomic mass is 10.0. The number of nitrogens with one attached hydrogen (secondary N) is 4. The predicted octanol–water partition coefficient (Wildman–Crippen LogP) is 3.42. The number of carbonyl (C=O) groups is 2. The standard InChI is InChI=1S/C27H26N6O5S/c1-14(2)12-19-23(34)31-22(26(38-3)33(19)37)25(36)30-21(16-13-28-17-9-5-4-8-15(16)17)24(35)32-27-29-18-10-6-7-11-20(18)39-27/h4-11,13-14,21,28H,12H2,1-3H3,(H,30,36)(H,31,34)(H,29,32,35). The lowest BCUT2D eigenvalue weighted by molar-refractivity contribution is -0.622. The van der Waals surface area contributed by atoms with Gasteiger partial charge in [0, 0.05) is 29.1 Å². The van der Waals surface area contributed by atoms with Gasteiger partial charge in [0.05, 0.1) is 17.3 Å². The lowest BCUT2D eigenvalue weighted by Gasteiger charge is -2.18. The second-order valence-electron chi connectivity index (χ2n) is 9.35. The third-order valence-corrected chi connectivity index (χ3v) is 7.11. The molecule has 0 spiro atoms. The highest BCUT2D eigenvalue weighted by molar-refractivity contribution is 7.22. The van der Waals surface area contributed by atoms with Gasteiger partial charge in [0.1, 0.15) is 6.04 Å². The number of rotatable bonds is 8. The number of hydrogen-bond donors (Lipinski definition) is 4. The third-order valence-electron chi connectivity index (χ3n) is 6.16. The number of H-pyrrole nitrogens is 2. The SMILES string of the molecule is COc1c(C(=O)NC(C(=O)Nc2nc3ccccc3s2)c2c[nH]c3ccccc23)[nH]c(=O)c(CC(C)C)[n+]1[O-]. The molecule has 3 heterocycles. The molecule has 5 aromatic rings. The molecule has 1 unspecified atom stereocenters. The minimum atomic E-state index is -1.20. The van der Waals surface area contributed by atoms with Crippen LogP contribution >= 0.6 is 11.3 Å². The highest BCUT2D eigenvalue weighted by Crippen LogP contribution is 2.29. The molecule has 11 nitrogen and oxygen atoms in total. The molecule has 0 aliphatic heterocycles. The second kappa shape index (κ2) is 10.6. The van der Waals surface area contributed by atoms with Gasteiger partial charge in [-0.1, -0.05) is 55.5 Å². The first-order chi connectivity index (χ1) is 18.8. The van der Waals surface area contributed by atoms with Crippen molar-refractivity contribution in [1.82, 2.24) is 20.3 Å². The van der Waals surface area contributed by atoms with Gasteiger partial charge in [-0.15, -0.1) is 4.73 Å². The number of ether oxygens (including phenoxy) is 1. The maximum absolute atomic E-state index is 13.6. The molecule has 0 aliphatic carbocycles. The summed E-state index contributed by atoms with van der Waals surface area (Å²) in [5, 5.41) is 19.5. The number of anilines is 1. The van der Waals surface area contributed by atoms with Gasteiger partial charge in [-0.3, -0.25) is 19.7 Å². The zero-order chi connectivity index (χ0) is 27.7. The van der Waals surface area contributed by atoms with Crippen molar-refractivity contribution in [2.45, 2.75) is 26.3 Å². The van der Waals surface area contributed by atoms with Crippen LogP contribution < -0.4 is 25.7 Å². The minimum absolute atomic E-state index is 0.0214. The minimum Gasteiger partial charge on any atom is -0.616 e. The zero-order valence-electron chi connectivity index (χ0n) is 21.4. The normalized spacial score (nSPS) is 12.1. The first-order valence-electron chi connectivity index (χ1n) is 12.2. The van der Waals surface area contributed by atoms with E-state index in [0.717, 1.165) is 15.7 Å². The van der Waals surface area contributed by atoms with Gasteiger partial charge in [0.15, 0.2) is 5.13 Å². The van der Waals surface area contributed by atoms with Gasteiger partial charge in [-0.25, -0.2) is 4.98 Å². The largest absolute Gasteiger partial charge is 0.616 e. The van der Waals surface area contributed by atoms with Crippen LogP contribution in [0.3, 0.4) is 0 Å². The topological polar surface area (TPSA) is 156 Å². The Bertz CT molecular complexity index is 1720. The molecule has 0 radical (unpaired) electrons. The molecular weight excluding hydrogens is 520 g/mol. The van der Waals surface area contributed by atoms with Crippen LogP contribution in [0.1, 0.15) is 41.6 Å². The van der Waals surface area contributed by atoms with E-state index >= 15 is 0 Å². The van der Waals surface area contributed by atoms with Crippen molar-refractivity contribution in [3.05, 3.63) is 87.2 Å². The van der Waals surface area contributed by atoms with Crippen molar-refractivity contribution in [1.29, 1.82) is 0 Å². The van der Waals surface area contributed by atoms with Gasteiger partial charge in [0.2, 0.25) is 5.69 Å². The number of benzene rings is 2. The summed E-state index contributed by atoms with van der Waals surface area (Å²) < 4.78 is 6.43. The summed E-state index contributed by atoms with van der Waals surface area (Å²) in [5.74, 6) is -1.76. The maximum Gasteiger partial charge on any atom is 0.409 e. The number of nitrogens with zero attached hydrogens (tertiary/aromatic N) is 2. The predicted molar refractivity (Wildman–Crippen MR) is 148 cm³/mol. The average molecular weight is 547 g/mol. The molecule has 5 rings (SSSR count). The van der Waals surface area contributed by atoms with Crippen LogP contribution in [-0.4, -0.2) is 33.9 Å². The van der Waals surface area contributed by atoms with E-state index in [1.54, 1.807) is 6.20 Å². The third kappa shape index (κ3) is 5.06. The van der Waals surface area contributed by atoms with E-state index in [4.69, 9.17) is 4.74 Å². The lowest BCUT2D eigenvalue weighted by Crippen LogP contribution is -2.46. The molecule has 2 amide bonds. The van der Waals surface area contributed by atoms with Gasteiger partial charge < -0.3 is 25.2 Å². The fourth-order valence-corrected chi connectivity index (χ4v) is 5.25. The van der Waals surface area contributed by atoms with Crippen molar-refractivity contribution in [3.63, 3.8) is 0 Å². The first kappa shape index (κ1) is 25.9. The molecule has 0 saturated heterocycles. The fourth-order valence-electron chi connectivity index (χ4n) is 4.38. The summed E-state index contributed by atoms with van der Waals surface area (Å²) in [6, 6.07) is 13.6. The summed E-state index contributed by atoms with van der Waals surface area (Å²) >= 11 is 1.30. The first-order valence-corrected chi connectivity index (χ1v) is 13.0. The zero-order valence-corrected chi connectivity index (χ0v) is 22.2. The van der Waals surface area contributed by atoms with Crippen LogP contribution in [0.15, 0.2) is 59.5 Å². The Hall–Kier alpha value is -4.71. The van der Waals surface area contributed by atoms with Crippen molar-refractivity contribution in [3.8, 4) is 5.88 Å². The molecule has 12 heteroatoms. The van der Waals surface area contributed by atoms with Crippen molar-refractivity contribution in [2.24, 2.45) is 5.92 Å². The van der Waals surface area contributed by atoms with E-state index in [1.165, 1.54) is 18.4 Å². The maximum atomic E-state index is 13.6. The second-order valence-corrected chi connectivity index (χ2v) is 10.4. The molecule has 39 heavy (non-hydrogen) atoms. The fraction of sp³-hybridized carbons (Fsp3) is 0.222. The summed E-state index contributed by atoms with van der Waals surface area (Å²) in [6.07, 6.45) is 1.83. The number of fused-ring (bicyclic) bond motifs is 2. The summed E-state index contributed by atoms with van der Waals surface area (Å²) in [7, 11) is 1.23. The van der Waals surface area contributed by atoms with Crippen LogP contribution in [-0.2, 0) is 11.2 Å². The number of methoxy groups -OCH3 is 1. The van der Waals surface area contributed by atoms with E-state index < -0.39 is 23.4 Å². The molecule has 3 aromatic heterocycles. The van der Waals surface area contributed by atoms with E-state index in [9.17, 15) is 19.6 Å². The Kier molecular flexibility index (Phi) is 7.03.